The van der Waals surface area contributed by atoms with Gasteiger partial charge >= 0.3 is 0 Å². The first-order valence-electron chi connectivity index (χ1n) is 12.8. The van der Waals surface area contributed by atoms with E-state index < -0.39 is 29.0 Å². The van der Waals surface area contributed by atoms with E-state index in [4.69, 9.17) is 15.2 Å². The van der Waals surface area contributed by atoms with Crippen molar-refractivity contribution in [2.45, 2.75) is 32.9 Å². The lowest BCUT2D eigenvalue weighted by molar-refractivity contribution is -0.125. The number of ether oxygens (including phenoxy) is 2. The Morgan fingerprint density at radius 3 is 2.36 bits per heavy atom. The Labute approximate surface area is 239 Å². The molecule has 0 saturated carbocycles. The van der Waals surface area contributed by atoms with Crippen LogP contribution in [-0.2, 0) is 11.4 Å². The molecule has 42 heavy (non-hydrogen) atoms. The standard InChI is InChI=1S/C30H27F2N5O5/c1-15(38)30(2,3)36(4)29(40)26-23-14-42-25-11-24(41-5)21(16-6-17(28(33)39)13-34-12-16)10-22(25)27(23)37(35-26)20-8-18(31)7-19(32)9-20/h6-13H,14H2,1-5H3,(H2,33,39). The number of likely N-dealkylation sites (N-methyl/N-ethyl adjacent to an activating group) is 1. The third-order valence-electron chi connectivity index (χ3n) is 7.55. The second-order valence-electron chi connectivity index (χ2n) is 10.4. The number of hydrogen-bond acceptors (Lipinski definition) is 7. The summed E-state index contributed by atoms with van der Waals surface area (Å²) in [7, 11) is 2.95. The van der Waals surface area contributed by atoms with E-state index in [0.29, 0.717) is 39.4 Å². The van der Waals surface area contributed by atoms with Crippen LogP contribution in [0.3, 0.4) is 0 Å². The normalized spacial score (nSPS) is 12.2. The van der Waals surface area contributed by atoms with Crippen molar-refractivity contribution in [3.63, 3.8) is 0 Å². The van der Waals surface area contributed by atoms with Crippen LogP contribution in [-0.4, -0.2) is 57.0 Å². The van der Waals surface area contributed by atoms with Gasteiger partial charge in [0.15, 0.2) is 11.5 Å². The molecule has 2 aromatic carbocycles. The molecule has 0 spiro atoms. The van der Waals surface area contributed by atoms with Gasteiger partial charge in [-0.15, -0.1) is 0 Å². The van der Waals surface area contributed by atoms with Gasteiger partial charge < -0.3 is 20.1 Å². The number of rotatable bonds is 7. The van der Waals surface area contributed by atoms with Crippen LogP contribution >= 0.6 is 0 Å². The molecule has 216 valence electrons. The quantitative estimate of drug-likeness (QED) is 0.347. The molecule has 0 unspecified atom stereocenters. The first kappa shape index (κ1) is 28.4. The van der Waals surface area contributed by atoms with Crippen molar-refractivity contribution < 1.29 is 32.6 Å². The number of pyridine rings is 1. The summed E-state index contributed by atoms with van der Waals surface area (Å²) < 4.78 is 41.7. The zero-order valence-corrected chi connectivity index (χ0v) is 23.5. The van der Waals surface area contributed by atoms with Gasteiger partial charge in [-0.1, -0.05) is 0 Å². The molecular formula is C30H27F2N5O5. The highest BCUT2D eigenvalue weighted by molar-refractivity contribution is 6.00. The maximum absolute atomic E-state index is 14.4. The average Bonchev–Trinajstić information content (AvgIpc) is 3.35. The van der Waals surface area contributed by atoms with E-state index >= 15 is 0 Å². The zero-order valence-electron chi connectivity index (χ0n) is 23.5. The Morgan fingerprint density at radius 2 is 1.74 bits per heavy atom. The third-order valence-corrected chi connectivity index (χ3v) is 7.55. The number of nitrogens with zero attached hydrogens (tertiary/aromatic N) is 4. The van der Waals surface area contributed by atoms with Crippen LogP contribution in [0.2, 0.25) is 0 Å². The number of carbonyl (C=O) groups excluding carboxylic acids is 3. The molecule has 5 rings (SSSR count). The van der Waals surface area contributed by atoms with Crippen LogP contribution < -0.4 is 15.2 Å². The minimum absolute atomic E-state index is 0.0268. The van der Waals surface area contributed by atoms with Gasteiger partial charge in [0.1, 0.15) is 29.7 Å². The molecule has 1 aliphatic rings. The summed E-state index contributed by atoms with van der Waals surface area (Å²) in [6, 6.07) is 7.78. The Hall–Kier alpha value is -5.13. The van der Waals surface area contributed by atoms with E-state index in [-0.39, 0.29) is 29.3 Å². The number of fused-ring (bicyclic) bond motifs is 3. The summed E-state index contributed by atoms with van der Waals surface area (Å²) in [5.74, 6) is -2.42. The lowest BCUT2D eigenvalue weighted by atomic mass is 9.95. The van der Waals surface area contributed by atoms with Gasteiger partial charge in [-0.3, -0.25) is 19.4 Å². The molecule has 1 aliphatic heterocycles. The molecule has 2 aromatic heterocycles. The van der Waals surface area contributed by atoms with E-state index in [1.165, 1.54) is 43.1 Å². The number of benzene rings is 2. The number of nitrogens with two attached hydrogens (primary N) is 1. The molecule has 12 heteroatoms. The van der Waals surface area contributed by atoms with Crippen LogP contribution in [0.4, 0.5) is 8.78 Å². The summed E-state index contributed by atoms with van der Waals surface area (Å²) in [6.07, 6.45) is 2.86. The predicted molar refractivity (Wildman–Crippen MR) is 148 cm³/mol. The second kappa shape index (κ2) is 10.4. The van der Waals surface area contributed by atoms with E-state index in [0.717, 1.165) is 18.2 Å². The first-order valence-corrected chi connectivity index (χ1v) is 12.8. The summed E-state index contributed by atoms with van der Waals surface area (Å²) in [5, 5.41) is 4.52. The van der Waals surface area contributed by atoms with E-state index in [1.54, 1.807) is 32.0 Å². The molecule has 4 aromatic rings. The largest absolute Gasteiger partial charge is 0.496 e. The van der Waals surface area contributed by atoms with Crippen LogP contribution in [0, 0.1) is 11.6 Å². The fourth-order valence-electron chi connectivity index (χ4n) is 4.66. The molecule has 0 fully saturated rings. The molecule has 0 radical (unpaired) electrons. The number of ketones is 1. The topological polar surface area (TPSA) is 130 Å². The number of primary amides is 1. The monoisotopic (exact) mass is 575 g/mol. The summed E-state index contributed by atoms with van der Waals surface area (Å²) in [6.45, 7) is 4.49. The Kier molecular flexibility index (Phi) is 7.01. The van der Waals surface area contributed by atoms with Gasteiger partial charge in [0.2, 0.25) is 5.91 Å². The fraction of sp³-hybridized carbons (Fsp3) is 0.233. The maximum Gasteiger partial charge on any atom is 0.275 e. The molecule has 0 bridgehead atoms. The second-order valence-corrected chi connectivity index (χ2v) is 10.4. The van der Waals surface area contributed by atoms with Crippen molar-refractivity contribution in [2.75, 3.05) is 14.2 Å². The van der Waals surface area contributed by atoms with Crippen molar-refractivity contribution in [2.24, 2.45) is 5.73 Å². The van der Waals surface area contributed by atoms with Crippen LogP contribution in [0.5, 0.6) is 11.5 Å². The molecule has 3 heterocycles. The summed E-state index contributed by atoms with van der Waals surface area (Å²) >= 11 is 0. The first-order chi connectivity index (χ1) is 19.8. The van der Waals surface area contributed by atoms with Crippen molar-refractivity contribution >= 4 is 17.6 Å². The summed E-state index contributed by atoms with van der Waals surface area (Å²) in [5.41, 5.74) is 6.58. The fourth-order valence-corrected chi connectivity index (χ4v) is 4.66. The van der Waals surface area contributed by atoms with E-state index in [9.17, 15) is 23.2 Å². The summed E-state index contributed by atoms with van der Waals surface area (Å²) in [4.78, 5) is 43.3. The number of Topliss-reactive ketones (excluding diaryl/α,β-unsaturated/α-hetero) is 1. The minimum Gasteiger partial charge on any atom is -0.496 e. The molecule has 2 N–H and O–H groups in total. The SMILES string of the molecule is COc1cc2c(cc1-c1cncc(C(N)=O)c1)-c1c(c(C(=O)N(C)C(C)(C)C(C)=O)nn1-c1cc(F)cc(F)c1)CO2. The maximum atomic E-state index is 14.4. The number of carbonyl (C=O) groups is 3. The Morgan fingerprint density at radius 1 is 1.05 bits per heavy atom. The number of amides is 2. The highest BCUT2D eigenvalue weighted by Gasteiger charge is 2.38. The van der Waals surface area contributed by atoms with Crippen molar-refractivity contribution in [1.29, 1.82) is 0 Å². The average molecular weight is 576 g/mol. The number of methoxy groups -OCH3 is 1. The number of halogens is 2. The van der Waals surface area contributed by atoms with E-state index in [1.807, 2.05) is 0 Å². The van der Waals surface area contributed by atoms with Crippen molar-refractivity contribution in [3.05, 3.63) is 77.2 Å². The van der Waals surface area contributed by atoms with Gasteiger partial charge in [-0.05, 0) is 45.0 Å². The molecule has 0 aliphatic carbocycles. The van der Waals surface area contributed by atoms with Gasteiger partial charge in [-0.2, -0.15) is 5.10 Å². The molecule has 10 nitrogen and oxygen atoms in total. The number of aromatic nitrogens is 3. The highest BCUT2D eigenvalue weighted by atomic mass is 19.1. The third kappa shape index (κ3) is 4.74. The van der Waals surface area contributed by atoms with Crippen molar-refractivity contribution in [1.82, 2.24) is 19.7 Å². The van der Waals surface area contributed by atoms with Gasteiger partial charge in [0, 0.05) is 53.8 Å². The molecule has 0 saturated heterocycles. The van der Waals surface area contributed by atoms with Crippen LogP contribution in [0.15, 0.2) is 48.8 Å². The zero-order chi connectivity index (χ0) is 30.5. The van der Waals surface area contributed by atoms with Gasteiger partial charge in [-0.25, -0.2) is 13.5 Å². The predicted octanol–water partition coefficient (Wildman–Crippen LogP) is 4.32. The van der Waals surface area contributed by atoms with Gasteiger partial charge in [0.25, 0.3) is 5.91 Å². The van der Waals surface area contributed by atoms with Gasteiger partial charge in [0.05, 0.1) is 29.6 Å². The number of hydrogen-bond donors (Lipinski definition) is 1. The van der Waals surface area contributed by atoms with E-state index in [2.05, 4.69) is 10.1 Å². The van der Waals surface area contributed by atoms with Crippen LogP contribution in [0.25, 0.3) is 28.1 Å². The minimum atomic E-state index is -1.16. The molecule has 2 amide bonds. The smallest absolute Gasteiger partial charge is 0.275 e. The molecular weight excluding hydrogens is 548 g/mol. The Bertz CT molecular complexity index is 1760. The Balaban J connectivity index is 1.78. The molecule has 0 atom stereocenters. The van der Waals surface area contributed by atoms with Crippen molar-refractivity contribution in [3.8, 4) is 39.6 Å². The lowest BCUT2D eigenvalue weighted by Crippen LogP contribution is -2.50. The lowest BCUT2D eigenvalue weighted by Gasteiger charge is -2.33. The highest BCUT2D eigenvalue weighted by Crippen LogP contribution is 2.46. The van der Waals surface area contributed by atoms with Crippen LogP contribution in [0.1, 0.15) is 47.2 Å².